The number of anilines is 1. The quantitative estimate of drug-likeness (QED) is 0.427. The molecule has 9 heteroatoms. The lowest BCUT2D eigenvalue weighted by molar-refractivity contribution is -0.212. The van der Waals surface area contributed by atoms with Crippen LogP contribution in [0.1, 0.15) is 30.0 Å². The Morgan fingerprint density at radius 1 is 1.12 bits per heavy atom. The van der Waals surface area contributed by atoms with E-state index in [0.29, 0.717) is 17.0 Å². The molecular formula is C24H20F3N5O. The maximum absolute atomic E-state index is 13.2. The number of nitrogens with one attached hydrogen (secondary N) is 1. The minimum atomic E-state index is -4.55. The summed E-state index contributed by atoms with van der Waals surface area (Å²) in [6.07, 6.45) is 1.39. The third kappa shape index (κ3) is 3.21. The zero-order valence-corrected chi connectivity index (χ0v) is 17.7. The van der Waals surface area contributed by atoms with Crippen molar-refractivity contribution >= 4 is 22.6 Å². The van der Waals surface area contributed by atoms with Gasteiger partial charge < -0.3 is 9.88 Å². The molecule has 1 amide bonds. The first-order valence-electron chi connectivity index (χ1n) is 10.8. The fraction of sp³-hybridized carbons (Fsp3) is 0.292. The standard InChI is InChI=1S/C24H20F3N5O/c1-13-8-15(4-6-18(13)16-10-30-31(11-16)24(25,26)27)22-21(14-2-3-14)23(33)32(22)17-5-7-19-20(9-17)29-12-28-19/h4-12,14,21-22H,2-3H2,1H3,(H,28,29). The van der Waals surface area contributed by atoms with E-state index in [1.807, 2.05) is 48.2 Å². The van der Waals surface area contributed by atoms with Gasteiger partial charge in [-0.05, 0) is 60.6 Å². The highest BCUT2D eigenvalue weighted by Crippen LogP contribution is 2.54. The summed E-state index contributed by atoms with van der Waals surface area (Å²) < 4.78 is 38.8. The number of hydrogen-bond acceptors (Lipinski definition) is 3. The first kappa shape index (κ1) is 20.0. The number of benzene rings is 2. The highest BCUT2D eigenvalue weighted by atomic mass is 19.4. The van der Waals surface area contributed by atoms with Gasteiger partial charge in [0.15, 0.2) is 0 Å². The van der Waals surface area contributed by atoms with E-state index in [4.69, 9.17) is 0 Å². The molecular weight excluding hydrogens is 431 g/mol. The van der Waals surface area contributed by atoms with Crippen LogP contribution in [0, 0.1) is 18.8 Å². The molecule has 33 heavy (non-hydrogen) atoms. The maximum atomic E-state index is 13.2. The van der Waals surface area contributed by atoms with Crippen LogP contribution in [0.15, 0.2) is 55.1 Å². The van der Waals surface area contributed by atoms with Crippen molar-refractivity contribution in [1.82, 2.24) is 19.7 Å². The summed E-state index contributed by atoms with van der Waals surface area (Å²) in [6.45, 7) is 1.87. The molecule has 2 unspecified atom stereocenters. The summed E-state index contributed by atoms with van der Waals surface area (Å²) in [6, 6.07) is 11.4. The predicted octanol–water partition coefficient (Wildman–Crippen LogP) is 5.33. The van der Waals surface area contributed by atoms with Crippen LogP contribution in [0.4, 0.5) is 18.9 Å². The smallest absolute Gasteiger partial charge is 0.345 e. The predicted molar refractivity (Wildman–Crippen MR) is 116 cm³/mol. The van der Waals surface area contributed by atoms with Gasteiger partial charge in [0, 0.05) is 17.4 Å². The number of hydrogen-bond donors (Lipinski definition) is 1. The summed E-state index contributed by atoms with van der Waals surface area (Å²) in [5, 5.41) is 3.45. The van der Waals surface area contributed by atoms with Crippen LogP contribution >= 0.6 is 0 Å². The van der Waals surface area contributed by atoms with Gasteiger partial charge in [-0.15, -0.1) is 13.2 Å². The minimum Gasteiger partial charge on any atom is -0.345 e. The van der Waals surface area contributed by atoms with Crippen molar-refractivity contribution < 1.29 is 18.0 Å². The first-order chi connectivity index (χ1) is 15.8. The van der Waals surface area contributed by atoms with E-state index < -0.39 is 6.30 Å². The van der Waals surface area contributed by atoms with Crippen LogP contribution in [0.3, 0.4) is 0 Å². The van der Waals surface area contributed by atoms with Crippen molar-refractivity contribution in [3.63, 3.8) is 0 Å². The summed E-state index contributed by atoms with van der Waals surface area (Å²) >= 11 is 0. The molecule has 2 aromatic heterocycles. The molecule has 2 atom stereocenters. The Bertz CT molecular complexity index is 1380. The molecule has 1 aliphatic heterocycles. The van der Waals surface area contributed by atoms with Gasteiger partial charge in [-0.2, -0.15) is 9.78 Å². The Labute approximate surface area is 187 Å². The van der Waals surface area contributed by atoms with Crippen molar-refractivity contribution in [2.45, 2.75) is 32.1 Å². The molecule has 2 aliphatic rings. The summed E-state index contributed by atoms with van der Waals surface area (Å²) in [5.74, 6) is 0.440. The third-order valence-corrected chi connectivity index (χ3v) is 6.70. The van der Waals surface area contributed by atoms with E-state index in [1.165, 1.54) is 6.20 Å². The number of nitrogens with zero attached hydrogens (tertiary/aromatic N) is 4. The highest BCUT2D eigenvalue weighted by Gasteiger charge is 2.55. The van der Waals surface area contributed by atoms with Crippen molar-refractivity contribution in [3.05, 3.63) is 66.2 Å². The summed E-state index contributed by atoms with van der Waals surface area (Å²) in [5.41, 5.74) is 5.43. The molecule has 4 aromatic rings. The molecule has 1 saturated heterocycles. The van der Waals surface area contributed by atoms with E-state index in [1.54, 1.807) is 6.33 Å². The van der Waals surface area contributed by atoms with Gasteiger partial charge in [-0.25, -0.2) is 4.98 Å². The molecule has 2 fully saturated rings. The van der Waals surface area contributed by atoms with Crippen molar-refractivity contribution in [2.75, 3.05) is 4.90 Å². The van der Waals surface area contributed by atoms with E-state index in [2.05, 4.69) is 15.1 Å². The average Bonchev–Trinajstić information content (AvgIpc) is 3.25. The number of halogens is 3. The van der Waals surface area contributed by atoms with Gasteiger partial charge in [0.25, 0.3) is 0 Å². The highest BCUT2D eigenvalue weighted by molar-refractivity contribution is 6.04. The van der Waals surface area contributed by atoms with Gasteiger partial charge in [0.05, 0.1) is 35.5 Å². The molecule has 168 valence electrons. The molecule has 0 bridgehead atoms. The lowest BCUT2D eigenvalue weighted by atomic mass is 9.78. The molecule has 6 nitrogen and oxygen atoms in total. The molecule has 1 saturated carbocycles. The number of H-pyrrole nitrogens is 1. The number of rotatable bonds is 4. The number of aromatic amines is 1. The first-order valence-corrected chi connectivity index (χ1v) is 10.8. The summed E-state index contributed by atoms with van der Waals surface area (Å²) in [7, 11) is 0. The number of amides is 1. The largest absolute Gasteiger partial charge is 0.504 e. The van der Waals surface area contributed by atoms with Crippen LogP contribution < -0.4 is 4.90 Å². The number of aryl methyl sites for hydroxylation is 1. The van der Waals surface area contributed by atoms with Crippen molar-refractivity contribution in [2.24, 2.45) is 11.8 Å². The number of aromatic nitrogens is 4. The van der Waals surface area contributed by atoms with E-state index >= 15 is 0 Å². The van der Waals surface area contributed by atoms with Crippen molar-refractivity contribution in [3.8, 4) is 11.1 Å². The Morgan fingerprint density at radius 3 is 2.64 bits per heavy atom. The second-order valence-corrected chi connectivity index (χ2v) is 8.84. The monoisotopic (exact) mass is 451 g/mol. The van der Waals surface area contributed by atoms with Gasteiger partial charge >= 0.3 is 6.30 Å². The fourth-order valence-electron chi connectivity index (χ4n) is 4.94. The lowest BCUT2D eigenvalue weighted by Gasteiger charge is -2.48. The second-order valence-electron chi connectivity index (χ2n) is 8.84. The fourth-order valence-corrected chi connectivity index (χ4v) is 4.94. The van der Waals surface area contributed by atoms with Crippen LogP contribution in [0.5, 0.6) is 0 Å². The van der Waals surface area contributed by atoms with Crippen LogP contribution in [0.2, 0.25) is 0 Å². The molecule has 2 aromatic carbocycles. The van der Waals surface area contributed by atoms with Crippen LogP contribution in [-0.2, 0) is 11.1 Å². The molecule has 0 spiro atoms. The van der Waals surface area contributed by atoms with Gasteiger partial charge in [0.1, 0.15) is 0 Å². The second kappa shape index (κ2) is 6.94. The van der Waals surface area contributed by atoms with Crippen molar-refractivity contribution in [1.29, 1.82) is 0 Å². The number of β-lactam (4-membered cyclic amide) rings is 1. The molecule has 6 rings (SSSR count). The number of carbonyl (C=O) groups excluding carboxylic acids is 1. The normalized spacial score (nSPS) is 21.0. The van der Waals surface area contributed by atoms with Crippen LogP contribution in [-0.4, -0.2) is 25.7 Å². The maximum Gasteiger partial charge on any atom is 0.504 e. The zero-order valence-electron chi connectivity index (χ0n) is 17.7. The Hall–Kier alpha value is -3.62. The number of alkyl halides is 3. The van der Waals surface area contributed by atoms with E-state index in [9.17, 15) is 18.0 Å². The Balaban J connectivity index is 1.36. The molecule has 1 aliphatic carbocycles. The number of fused-ring (bicyclic) bond motifs is 1. The van der Waals surface area contributed by atoms with Crippen LogP contribution in [0.25, 0.3) is 22.2 Å². The Kier molecular flexibility index (Phi) is 4.21. The lowest BCUT2D eigenvalue weighted by Crippen LogP contribution is -2.56. The Morgan fingerprint density at radius 2 is 1.94 bits per heavy atom. The number of imidazole rings is 1. The zero-order chi connectivity index (χ0) is 22.9. The third-order valence-electron chi connectivity index (χ3n) is 6.70. The SMILES string of the molecule is Cc1cc(C2C(C3CC3)C(=O)N2c2ccc3nc[nH]c3c2)ccc1-c1cnn(C(F)(F)F)c1. The van der Waals surface area contributed by atoms with E-state index in [0.717, 1.165) is 46.9 Å². The molecule has 1 N–H and O–H groups in total. The minimum absolute atomic E-state index is 0.0107. The molecule has 3 heterocycles. The number of carbonyl (C=O) groups is 1. The molecule has 0 radical (unpaired) electrons. The van der Waals surface area contributed by atoms with Gasteiger partial charge in [-0.3, -0.25) is 4.79 Å². The average molecular weight is 451 g/mol. The van der Waals surface area contributed by atoms with Gasteiger partial charge in [0.2, 0.25) is 5.91 Å². The van der Waals surface area contributed by atoms with Gasteiger partial charge in [-0.1, -0.05) is 18.2 Å². The van der Waals surface area contributed by atoms with E-state index in [-0.39, 0.29) is 22.5 Å². The summed E-state index contributed by atoms with van der Waals surface area (Å²) in [4.78, 5) is 22.3. The topological polar surface area (TPSA) is 66.8 Å².